The molecule has 0 fully saturated rings. The van der Waals surface area contributed by atoms with Gasteiger partial charge in [-0.2, -0.15) is 0 Å². The number of unbranched alkanes of at least 4 members (excludes halogenated alkanes) is 16. The highest BCUT2D eigenvalue weighted by molar-refractivity contribution is 8.76. The lowest BCUT2D eigenvalue weighted by Crippen LogP contribution is -2.31. The second-order valence-electron chi connectivity index (χ2n) is 10.5. The molecule has 7 nitrogen and oxygen atoms in total. The van der Waals surface area contributed by atoms with Gasteiger partial charge >= 0.3 is 11.7 Å². The SMILES string of the molecule is Cc1cn(CCC(=O)OCCCCCCCCCCCSSCCCCCCCCCCCO)c(=O)[nH]c1=O. The molecule has 2 N–H and O–H groups in total. The van der Waals surface area contributed by atoms with E-state index in [1.165, 1.54) is 119 Å². The molecule has 1 aromatic heterocycles. The maximum atomic E-state index is 11.9. The van der Waals surface area contributed by atoms with E-state index in [0.717, 1.165) is 19.3 Å². The van der Waals surface area contributed by atoms with Crippen molar-refractivity contribution in [3.63, 3.8) is 0 Å². The molecule has 0 amide bonds. The summed E-state index contributed by atoms with van der Waals surface area (Å²) in [4.78, 5) is 37.2. The predicted molar refractivity (Wildman–Crippen MR) is 167 cm³/mol. The van der Waals surface area contributed by atoms with Crippen LogP contribution in [-0.4, -0.2) is 45.3 Å². The van der Waals surface area contributed by atoms with Crippen molar-refractivity contribution in [2.24, 2.45) is 0 Å². The van der Waals surface area contributed by atoms with Crippen LogP contribution in [0, 0.1) is 6.92 Å². The molecule has 0 radical (unpaired) electrons. The van der Waals surface area contributed by atoms with E-state index in [-0.39, 0.29) is 18.9 Å². The van der Waals surface area contributed by atoms with Crippen LogP contribution < -0.4 is 11.2 Å². The zero-order valence-corrected chi connectivity index (χ0v) is 26.0. The molecule has 0 atom stereocenters. The molecule has 9 heteroatoms. The van der Waals surface area contributed by atoms with E-state index < -0.39 is 11.2 Å². The first-order chi connectivity index (χ1) is 19.0. The van der Waals surface area contributed by atoms with Crippen molar-refractivity contribution in [2.45, 2.75) is 135 Å². The summed E-state index contributed by atoms with van der Waals surface area (Å²) in [5.41, 5.74) is -0.447. The molecule has 1 rings (SSSR count). The van der Waals surface area contributed by atoms with Crippen LogP contribution >= 0.6 is 21.6 Å². The van der Waals surface area contributed by atoms with Gasteiger partial charge in [-0.3, -0.25) is 19.1 Å². The van der Waals surface area contributed by atoms with Crippen molar-refractivity contribution in [1.82, 2.24) is 9.55 Å². The molecule has 39 heavy (non-hydrogen) atoms. The van der Waals surface area contributed by atoms with Gasteiger partial charge in [0.1, 0.15) is 0 Å². The second kappa shape index (κ2) is 25.8. The first-order valence-corrected chi connectivity index (χ1v) is 17.8. The molecule has 0 bridgehead atoms. The predicted octanol–water partition coefficient (Wildman–Crippen LogP) is 7.17. The smallest absolute Gasteiger partial charge is 0.328 e. The van der Waals surface area contributed by atoms with Crippen LogP contribution in [0.5, 0.6) is 0 Å². The third-order valence-electron chi connectivity index (χ3n) is 6.85. The Morgan fingerprint density at radius 1 is 0.769 bits per heavy atom. The number of rotatable bonds is 27. The lowest BCUT2D eigenvalue weighted by atomic mass is 10.1. The number of hydrogen-bond donors (Lipinski definition) is 2. The van der Waals surface area contributed by atoms with E-state index in [1.54, 1.807) is 6.92 Å². The first kappa shape index (κ1) is 35.8. The third-order valence-corrected chi connectivity index (χ3v) is 9.43. The molecule has 0 aliphatic carbocycles. The first-order valence-electron chi connectivity index (χ1n) is 15.4. The second-order valence-corrected chi connectivity index (χ2v) is 13.2. The lowest BCUT2D eigenvalue weighted by molar-refractivity contribution is -0.144. The fourth-order valence-corrected chi connectivity index (χ4v) is 6.68. The summed E-state index contributed by atoms with van der Waals surface area (Å²) in [7, 11) is 4.10. The molecule has 0 aliphatic rings. The number of aliphatic hydroxyl groups excluding tert-OH is 1. The summed E-state index contributed by atoms with van der Waals surface area (Å²) in [6, 6.07) is 0. The Kier molecular flexibility index (Phi) is 23.7. The van der Waals surface area contributed by atoms with Crippen LogP contribution in [0.15, 0.2) is 15.8 Å². The Balaban J connectivity index is 1.76. The van der Waals surface area contributed by atoms with Crippen LogP contribution in [0.1, 0.15) is 128 Å². The van der Waals surface area contributed by atoms with Gasteiger partial charge in [-0.15, -0.1) is 0 Å². The number of hydrogen-bond acceptors (Lipinski definition) is 7. The van der Waals surface area contributed by atoms with Crippen molar-refractivity contribution in [3.05, 3.63) is 32.6 Å². The topological polar surface area (TPSA) is 101 Å². The number of esters is 1. The zero-order chi connectivity index (χ0) is 28.4. The summed E-state index contributed by atoms with van der Waals surface area (Å²) in [6.07, 6.45) is 24.2. The average Bonchev–Trinajstić information content (AvgIpc) is 2.92. The molecule has 0 saturated heterocycles. The maximum Gasteiger partial charge on any atom is 0.328 e. The van der Waals surface area contributed by atoms with E-state index in [2.05, 4.69) is 26.6 Å². The van der Waals surface area contributed by atoms with E-state index in [0.29, 0.717) is 18.8 Å². The van der Waals surface area contributed by atoms with Gasteiger partial charge in [0, 0.05) is 36.4 Å². The Bertz CT molecular complexity index is 843. The standard InChI is InChI=1S/C30H54N2O5S2/c1-27-26-32(30(36)31-29(27)35)21-20-28(34)37-23-17-13-9-5-3-7-11-15-19-25-39-38-24-18-14-10-6-2-4-8-12-16-22-33/h26,33H,2-25H2,1H3,(H,31,35,36). The number of aliphatic hydroxyl groups is 1. The summed E-state index contributed by atoms with van der Waals surface area (Å²) >= 11 is 0. The van der Waals surface area contributed by atoms with E-state index >= 15 is 0 Å². The van der Waals surface area contributed by atoms with Crippen LogP contribution in [0.3, 0.4) is 0 Å². The Hall–Kier alpha value is -1.19. The van der Waals surface area contributed by atoms with Gasteiger partial charge in [-0.05, 0) is 32.6 Å². The Morgan fingerprint density at radius 2 is 1.23 bits per heavy atom. The number of aromatic amines is 1. The minimum absolute atomic E-state index is 0.122. The molecule has 0 aliphatic heterocycles. The number of aromatic nitrogens is 2. The van der Waals surface area contributed by atoms with Crippen molar-refractivity contribution in [3.8, 4) is 0 Å². The van der Waals surface area contributed by atoms with Gasteiger partial charge in [0.2, 0.25) is 0 Å². The molecule has 1 heterocycles. The highest BCUT2D eigenvalue weighted by atomic mass is 33.1. The maximum absolute atomic E-state index is 11.9. The number of ether oxygens (including phenoxy) is 1. The summed E-state index contributed by atoms with van der Waals surface area (Å²) < 4.78 is 6.61. The number of H-pyrrole nitrogens is 1. The average molecular weight is 587 g/mol. The minimum Gasteiger partial charge on any atom is -0.466 e. The fraction of sp³-hybridized carbons (Fsp3) is 0.833. The number of carbonyl (C=O) groups excluding carboxylic acids is 1. The lowest BCUT2D eigenvalue weighted by Gasteiger charge is -2.07. The van der Waals surface area contributed by atoms with Crippen LogP contribution in [0.25, 0.3) is 0 Å². The molecule has 0 saturated carbocycles. The van der Waals surface area contributed by atoms with Crippen LogP contribution in [-0.2, 0) is 16.1 Å². The highest BCUT2D eigenvalue weighted by Crippen LogP contribution is 2.25. The number of nitrogens with one attached hydrogen (secondary N) is 1. The molecule has 0 spiro atoms. The van der Waals surface area contributed by atoms with Crippen molar-refractivity contribution < 1.29 is 14.6 Å². The number of carbonyl (C=O) groups is 1. The number of aryl methyl sites for hydroxylation is 2. The Morgan fingerprint density at radius 3 is 1.74 bits per heavy atom. The monoisotopic (exact) mass is 586 g/mol. The van der Waals surface area contributed by atoms with Crippen molar-refractivity contribution >= 4 is 27.6 Å². The van der Waals surface area contributed by atoms with E-state index in [9.17, 15) is 14.4 Å². The van der Waals surface area contributed by atoms with Gasteiger partial charge in [0.05, 0.1) is 13.0 Å². The van der Waals surface area contributed by atoms with E-state index in [4.69, 9.17) is 9.84 Å². The molecule has 1 aromatic rings. The minimum atomic E-state index is -0.499. The van der Waals surface area contributed by atoms with Crippen molar-refractivity contribution in [1.29, 1.82) is 0 Å². The van der Waals surface area contributed by atoms with E-state index in [1.807, 2.05) is 0 Å². The van der Waals surface area contributed by atoms with Gasteiger partial charge in [-0.1, -0.05) is 111 Å². The molecular weight excluding hydrogens is 532 g/mol. The zero-order valence-electron chi connectivity index (χ0n) is 24.4. The van der Waals surface area contributed by atoms with Gasteiger partial charge < -0.3 is 9.84 Å². The summed E-state index contributed by atoms with van der Waals surface area (Å²) in [6.45, 7) is 2.62. The van der Waals surface area contributed by atoms with Crippen molar-refractivity contribution in [2.75, 3.05) is 24.7 Å². The third kappa shape index (κ3) is 21.3. The summed E-state index contributed by atoms with van der Waals surface area (Å²) in [5, 5.41) is 8.77. The summed E-state index contributed by atoms with van der Waals surface area (Å²) in [5.74, 6) is 2.26. The normalized spacial score (nSPS) is 11.2. The van der Waals surface area contributed by atoms with Gasteiger partial charge in [0.25, 0.3) is 5.56 Å². The van der Waals surface area contributed by atoms with Gasteiger partial charge in [-0.25, -0.2) is 4.79 Å². The Labute approximate surface area is 244 Å². The van der Waals surface area contributed by atoms with Crippen LogP contribution in [0.4, 0.5) is 0 Å². The van der Waals surface area contributed by atoms with Crippen LogP contribution in [0.2, 0.25) is 0 Å². The van der Waals surface area contributed by atoms with Gasteiger partial charge in [0.15, 0.2) is 0 Å². The quantitative estimate of drug-likeness (QED) is 0.0640. The fourth-order valence-electron chi connectivity index (χ4n) is 4.38. The highest BCUT2D eigenvalue weighted by Gasteiger charge is 2.06. The largest absolute Gasteiger partial charge is 0.466 e. The molecule has 0 unspecified atom stereocenters. The molecule has 0 aromatic carbocycles. The molecular formula is C30H54N2O5S2. The number of nitrogens with zero attached hydrogens (tertiary/aromatic N) is 1. The molecule has 226 valence electrons.